The molecule has 0 spiro atoms. The van der Waals surface area contributed by atoms with Crippen LogP contribution in [0.25, 0.3) is 0 Å². The first-order valence-corrected chi connectivity index (χ1v) is 34.7. The van der Waals surface area contributed by atoms with Gasteiger partial charge in [0.2, 0.25) is 0 Å². The van der Waals surface area contributed by atoms with E-state index in [4.69, 9.17) is 14.2 Å². The third-order valence-corrected chi connectivity index (χ3v) is 14.7. The van der Waals surface area contributed by atoms with E-state index in [1.165, 1.54) is 173 Å². The van der Waals surface area contributed by atoms with Crippen LogP contribution in [0, 0.1) is 0 Å². The molecule has 0 amide bonds. The minimum Gasteiger partial charge on any atom is -0.462 e. The minimum atomic E-state index is -0.826. The summed E-state index contributed by atoms with van der Waals surface area (Å²) in [4.78, 5) is 38.4. The van der Waals surface area contributed by atoms with Gasteiger partial charge in [0.15, 0.2) is 6.10 Å². The monoisotopic (exact) mass is 1150 g/mol. The number of unbranched alkanes of at least 4 members (excludes halogenated alkanes) is 30. The summed E-state index contributed by atoms with van der Waals surface area (Å²) < 4.78 is 16.9. The molecule has 6 heteroatoms. The lowest BCUT2D eigenvalue weighted by molar-refractivity contribution is -0.166. The van der Waals surface area contributed by atoms with E-state index in [9.17, 15) is 14.4 Å². The largest absolute Gasteiger partial charge is 0.462 e. The number of hydrogen-bond donors (Lipinski definition) is 0. The summed E-state index contributed by atoms with van der Waals surface area (Å²) in [5, 5.41) is 0. The van der Waals surface area contributed by atoms with Gasteiger partial charge in [-0.1, -0.05) is 315 Å². The fourth-order valence-corrected chi connectivity index (χ4v) is 9.54. The molecule has 0 saturated carbocycles. The number of ether oxygens (including phenoxy) is 3. The summed E-state index contributed by atoms with van der Waals surface area (Å²) in [7, 11) is 0. The van der Waals surface area contributed by atoms with Crippen molar-refractivity contribution in [2.45, 2.75) is 322 Å². The summed E-state index contributed by atoms with van der Waals surface area (Å²) >= 11 is 0. The van der Waals surface area contributed by atoms with Crippen molar-refractivity contribution in [2.75, 3.05) is 13.2 Å². The number of allylic oxidation sites excluding steroid dienone is 21. The van der Waals surface area contributed by atoms with Gasteiger partial charge >= 0.3 is 17.9 Å². The van der Waals surface area contributed by atoms with Crippen molar-refractivity contribution in [1.82, 2.24) is 0 Å². The van der Waals surface area contributed by atoms with Gasteiger partial charge in [-0.05, 0) is 116 Å². The fraction of sp³-hybridized carbons (Fsp3) is 0.675. The van der Waals surface area contributed by atoms with Crippen LogP contribution >= 0.6 is 0 Å². The Balaban J connectivity index is 4.38. The van der Waals surface area contributed by atoms with Crippen LogP contribution < -0.4 is 0 Å². The second kappa shape index (κ2) is 70.0. The molecule has 0 aromatic carbocycles. The topological polar surface area (TPSA) is 78.9 Å². The lowest BCUT2D eigenvalue weighted by Gasteiger charge is -2.18. The lowest BCUT2D eigenvalue weighted by Crippen LogP contribution is -2.30. The van der Waals surface area contributed by atoms with E-state index in [0.29, 0.717) is 12.8 Å². The highest BCUT2D eigenvalue weighted by Gasteiger charge is 2.19. The van der Waals surface area contributed by atoms with Crippen LogP contribution in [0.4, 0.5) is 0 Å². The molecule has 1 atom stereocenters. The highest BCUT2D eigenvalue weighted by molar-refractivity contribution is 5.72. The quantitative estimate of drug-likeness (QED) is 0.0261. The predicted octanol–water partition coefficient (Wildman–Crippen LogP) is 24.1. The molecular weight excluding hydrogens is 1020 g/mol. The highest BCUT2D eigenvalue weighted by atomic mass is 16.6. The van der Waals surface area contributed by atoms with E-state index < -0.39 is 12.1 Å². The summed E-state index contributed by atoms with van der Waals surface area (Å²) in [5.41, 5.74) is 0. The highest BCUT2D eigenvalue weighted by Crippen LogP contribution is 2.17. The van der Waals surface area contributed by atoms with E-state index in [1.807, 2.05) is 6.08 Å². The SMILES string of the molecule is CC/C=C\C/C=C\C/C=C\C/C=C\C/C=C\CC(=O)OCC(COC(=O)CCCCCCCCCCCCCCCCC/C=C\C/C=C\CCCCCCC)OC(=O)CCCCCCCCCCCC/C=C\C/C=C\C/C=C\C/C=C\CC. The molecule has 0 aliphatic carbocycles. The van der Waals surface area contributed by atoms with Gasteiger partial charge < -0.3 is 14.2 Å². The Hall–Kier alpha value is -4.45. The molecule has 0 saturated heterocycles. The maximum atomic E-state index is 12.9. The Bertz CT molecular complexity index is 1750. The lowest BCUT2D eigenvalue weighted by atomic mass is 10.0. The smallest absolute Gasteiger partial charge is 0.309 e. The third-order valence-electron chi connectivity index (χ3n) is 14.7. The Morgan fingerprint density at radius 3 is 0.843 bits per heavy atom. The molecule has 0 aliphatic rings. The average Bonchev–Trinajstić information content (AvgIpc) is 3.49. The first kappa shape index (κ1) is 78.5. The van der Waals surface area contributed by atoms with Crippen LogP contribution in [-0.2, 0) is 28.6 Å². The Morgan fingerprint density at radius 2 is 0.518 bits per heavy atom. The Morgan fingerprint density at radius 1 is 0.265 bits per heavy atom. The predicted molar refractivity (Wildman–Crippen MR) is 362 cm³/mol. The van der Waals surface area contributed by atoms with Crippen LogP contribution in [0.1, 0.15) is 316 Å². The van der Waals surface area contributed by atoms with E-state index in [-0.39, 0.29) is 31.6 Å². The van der Waals surface area contributed by atoms with Crippen LogP contribution in [0.5, 0.6) is 0 Å². The van der Waals surface area contributed by atoms with Gasteiger partial charge in [-0.2, -0.15) is 0 Å². The average molecular weight is 1150 g/mol. The molecule has 1 unspecified atom stereocenters. The zero-order valence-electron chi connectivity index (χ0n) is 54.2. The van der Waals surface area contributed by atoms with Crippen LogP contribution in [0.3, 0.4) is 0 Å². The number of esters is 3. The number of carbonyl (C=O) groups excluding carboxylic acids is 3. The minimum absolute atomic E-state index is 0.112. The standard InChI is InChI=1S/C77H128O6/c1-4-7-10-13-16-19-22-25-28-30-32-34-36-37-38-39-41-42-44-46-49-52-55-58-61-64-67-70-76(79)82-73-74(72-81-75(78)69-66-63-60-57-54-51-48-27-24-21-18-15-12-9-6-3)83-77(80)71-68-65-62-59-56-53-50-47-45-43-40-35-33-31-29-26-23-20-17-14-11-8-5-2/h8-9,11-12,17-18,20-22,25-27,29-30,32-33,35,48,54,57,63,66,74H,4-7,10,13-16,19,23-24,28,31,34,36-47,49-53,55-56,58-62,64-65,67-73H2,1-3H3/b11-8-,12-9-,20-17-,21-18-,25-22-,29-26-,32-30-,35-33-,48-27-,57-54-,66-63-. The second-order valence-electron chi connectivity index (χ2n) is 22.7. The molecule has 0 aromatic rings. The molecule has 0 fully saturated rings. The number of rotatable bonds is 62. The molecule has 472 valence electrons. The molecule has 0 aliphatic heterocycles. The van der Waals surface area contributed by atoms with Crippen molar-refractivity contribution in [3.63, 3.8) is 0 Å². The first-order valence-electron chi connectivity index (χ1n) is 34.7. The molecule has 0 bridgehead atoms. The van der Waals surface area contributed by atoms with Gasteiger partial charge in [-0.3, -0.25) is 14.4 Å². The van der Waals surface area contributed by atoms with Crippen molar-refractivity contribution in [1.29, 1.82) is 0 Å². The van der Waals surface area contributed by atoms with Gasteiger partial charge in [-0.25, -0.2) is 0 Å². The maximum absolute atomic E-state index is 12.9. The zero-order valence-corrected chi connectivity index (χ0v) is 54.2. The van der Waals surface area contributed by atoms with Gasteiger partial charge in [0.25, 0.3) is 0 Å². The van der Waals surface area contributed by atoms with E-state index in [2.05, 4.69) is 142 Å². The Labute approximate surface area is 513 Å². The van der Waals surface area contributed by atoms with Crippen molar-refractivity contribution in [2.24, 2.45) is 0 Å². The van der Waals surface area contributed by atoms with E-state index in [0.717, 1.165) is 103 Å². The summed E-state index contributed by atoms with van der Waals surface area (Å²) in [6.07, 6.45) is 99.3. The van der Waals surface area contributed by atoms with Crippen LogP contribution in [0.2, 0.25) is 0 Å². The summed E-state index contributed by atoms with van der Waals surface area (Å²) in [6, 6.07) is 0. The molecule has 0 rings (SSSR count). The van der Waals surface area contributed by atoms with Crippen LogP contribution in [-0.4, -0.2) is 37.2 Å². The van der Waals surface area contributed by atoms with Gasteiger partial charge in [0.05, 0.1) is 6.42 Å². The molecule has 0 aromatic heterocycles. The number of carbonyl (C=O) groups is 3. The first-order chi connectivity index (χ1) is 41.0. The fourth-order valence-electron chi connectivity index (χ4n) is 9.54. The molecule has 0 radical (unpaired) electrons. The van der Waals surface area contributed by atoms with Crippen LogP contribution in [0.15, 0.2) is 134 Å². The number of hydrogen-bond acceptors (Lipinski definition) is 6. The molecule has 0 heterocycles. The summed E-state index contributed by atoms with van der Waals surface area (Å²) in [6.45, 7) is 6.34. The molecule has 83 heavy (non-hydrogen) atoms. The molecular formula is C77H128O6. The van der Waals surface area contributed by atoms with Gasteiger partial charge in [0.1, 0.15) is 13.2 Å². The van der Waals surface area contributed by atoms with Gasteiger partial charge in [-0.15, -0.1) is 0 Å². The normalized spacial score (nSPS) is 13.0. The van der Waals surface area contributed by atoms with Crippen molar-refractivity contribution >= 4 is 17.9 Å². The van der Waals surface area contributed by atoms with E-state index >= 15 is 0 Å². The van der Waals surface area contributed by atoms with Crippen molar-refractivity contribution in [3.05, 3.63) is 134 Å². The third kappa shape index (κ3) is 68.2. The second-order valence-corrected chi connectivity index (χ2v) is 22.7. The van der Waals surface area contributed by atoms with Crippen molar-refractivity contribution < 1.29 is 28.6 Å². The maximum Gasteiger partial charge on any atom is 0.309 e. The summed E-state index contributed by atoms with van der Waals surface area (Å²) in [5.74, 6) is -1.04. The van der Waals surface area contributed by atoms with E-state index in [1.54, 1.807) is 6.08 Å². The molecule has 0 N–H and O–H groups in total. The van der Waals surface area contributed by atoms with Gasteiger partial charge in [0, 0.05) is 12.8 Å². The zero-order chi connectivity index (χ0) is 59.9. The molecule has 6 nitrogen and oxygen atoms in total. The Kier molecular flexibility index (Phi) is 66.3. The van der Waals surface area contributed by atoms with Crippen molar-refractivity contribution in [3.8, 4) is 0 Å².